The van der Waals surface area contributed by atoms with Crippen LogP contribution >= 0.6 is 0 Å². The fourth-order valence-corrected chi connectivity index (χ4v) is 3.04. The summed E-state index contributed by atoms with van der Waals surface area (Å²) in [6.45, 7) is 2.26. The molecule has 1 N–H and O–H groups in total. The molecule has 1 aromatic heterocycles. The summed E-state index contributed by atoms with van der Waals surface area (Å²) in [7, 11) is 1.74. The van der Waals surface area contributed by atoms with Gasteiger partial charge in [0, 0.05) is 37.2 Å². The second kappa shape index (κ2) is 9.68. The van der Waals surface area contributed by atoms with Gasteiger partial charge < -0.3 is 14.7 Å². The van der Waals surface area contributed by atoms with Crippen molar-refractivity contribution in [1.82, 2.24) is 15.4 Å². The summed E-state index contributed by atoms with van der Waals surface area (Å²) in [6, 6.07) is 20.1. The standard InChI is InChI=1S/C23H25N3O3/c1-17(24-22(27)19-12-7-4-8-13-19)23(28)26(2)15-9-14-20-16-21(25-29-20)18-10-5-3-6-11-18/h3-8,10-13,16-17H,9,14-15H2,1-2H3,(H,24,27). The van der Waals surface area contributed by atoms with Crippen LogP contribution in [0.3, 0.4) is 0 Å². The van der Waals surface area contributed by atoms with E-state index in [4.69, 9.17) is 4.52 Å². The fraction of sp³-hybridized carbons (Fsp3) is 0.261. The Hall–Kier alpha value is -3.41. The van der Waals surface area contributed by atoms with Crippen molar-refractivity contribution < 1.29 is 14.1 Å². The van der Waals surface area contributed by atoms with Gasteiger partial charge in [-0.25, -0.2) is 0 Å². The minimum Gasteiger partial charge on any atom is -0.361 e. The molecule has 0 spiro atoms. The van der Waals surface area contributed by atoms with Gasteiger partial charge in [0.15, 0.2) is 0 Å². The van der Waals surface area contributed by atoms with Crippen LogP contribution in [0.15, 0.2) is 71.3 Å². The largest absolute Gasteiger partial charge is 0.361 e. The first kappa shape index (κ1) is 20.3. The quantitative estimate of drug-likeness (QED) is 0.637. The molecule has 29 heavy (non-hydrogen) atoms. The summed E-state index contributed by atoms with van der Waals surface area (Å²) < 4.78 is 5.40. The Morgan fingerprint density at radius 1 is 1.07 bits per heavy atom. The van der Waals surface area contributed by atoms with Crippen molar-refractivity contribution in [2.45, 2.75) is 25.8 Å². The first-order valence-corrected chi connectivity index (χ1v) is 9.66. The number of hydrogen-bond donors (Lipinski definition) is 1. The molecule has 0 radical (unpaired) electrons. The predicted molar refractivity (Wildman–Crippen MR) is 111 cm³/mol. The number of rotatable bonds is 8. The average molecular weight is 391 g/mol. The molecule has 150 valence electrons. The molecule has 3 aromatic rings. The minimum absolute atomic E-state index is 0.128. The van der Waals surface area contributed by atoms with Crippen molar-refractivity contribution >= 4 is 11.8 Å². The van der Waals surface area contributed by atoms with Gasteiger partial charge in [0.25, 0.3) is 5.91 Å². The lowest BCUT2D eigenvalue weighted by atomic mass is 10.1. The topological polar surface area (TPSA) is 75.4 Å². The second-order valence-corrected chi connectivity index (χ2v) is 6.97. The number of nitrogens with zero attached hydrogens (tertiary/aromatic N) is 2. The molecule has 6 heteroatoms. The van der Waals surface area contributed by atoms with Crippen LogP contribution in [0.25, 0.3) is 11.3 Å². The number of amides is 2. The number of benzene rings is 2. The number of nitrogens with one attached hydrogen (secondary N) is 1. The highest BCUT2D eigenvalue weighted by atomic mass is 16.5. The highest BCUT2D eigenvalue weighted by molar-refractivity contribution is 5.97. The lowest BCUT2D eigenvalue weighted by molar-refractivity contribution is -0.131. The zero-order valence-corrected chi connectivity index (χ0v) is 16.7. The Morgan fingerprint density at radius 3 is 2.41 bits per heavy atom. The maximum absolute atomic E-state index is 12.5. The van der Waals surface area contributed by atoms with Crippen LogP contribution in [0, 0.1) is 0 Å². The molecule has 1 atom stereocenters. The van der Waals surface area contributed by atoms with Crippen LogP contribution in [0.5, 0.6) is 0 Å². The third kappa shape index (κ3) is 5.54. The van der Waals surface area contributed by atoms with E-state index in [1.807, 2.05) is 42.5 Å². The molecule has 1 unspecified atom stereocenters. The van der Waals surface area contributed by atoms with E-state index in [9.17, 15) is 9.59 Å². The van der Waals surface area contributed by atoms with E-state index >= 15 is 0 Å². The van der Waals surface area contributed by atoms with Crippen LogP contribution < -0.4 is 5.32 Å². The minimum atomic E-state index is -0.595. The van der Waals surface area contributed by atoms with Gasteiger partial charge >= 0.3 is 0 Å². The molecule has 2 aromatic carbocycles. The van der Waals surface area contributed by atoms with E-state index in [2.05, 4.69) is 10.5 Å². The van der Waals surface area contributed by atoms with E-state index in [0.29, 0.717) is 18.5 Å². The molecule has 1 heterocycles. The number of carbonyl (C=O) groups is 2. The molecule has 2 amide bonds. The van der Waals surface area contributed by atoms with Crippen LogP contribution in [-0.2, 0) is 11.2 Å². The summed E-state index contributed by atoms with van der Waals surface area (Å²) in [4.78, 5) is 26.3. The second-order valence-electron chi connectivity index (χ2n) is 6.97. The van der Waals surface area contributed by atoms with E-state index in [0.717, 1.165) is 23.4 Å². The van der Waals surface area contributed by atoms with Crippen LogP contribution in [0.2, 0.25) is 0 Å². The normalized spacial score (nSPS) is 11.7. The fourth-order valence-electron chi connectivity index (χ4n) is 3.04. The van der Waals surface area contributed by atoms with Crippen molar-refractivity contribution in [3.63, 3.8) is 0 Å². The molecule has 0 bridgehead atoms. The van der Waals surface area contributed by atoms with Crippen LogP contribution in [0.1, 0.15) is 29.5 Å². The molecular formula is C23H25N3O3. The summed E-state index contributed by atoms with van der Waals surface area (Å²) in [6.07, 6.45) is 1.42. The van der Waals surface area contributed by atoms with Crippen LogP contribution in [0.4, 0.5) is 0 Å². The monoisotopic (exact) mass is 391 g/mol. The first-order chi connectivity index (χ1) is 14.0. The molecule has 0 saturated heterocycles. The molecule has 0 fully saturated rings. The molecule has 0 saturated carbocycles. The summed E-state index contributed by atoms with van der Waals surface area (Å²) in [5.41, 5.74) is 2.36. The number of hydrogen-bond acceptors (Lipinski definition) is 4. The van der Waals surface area contributed by atoms with Gasteiger partial charge in [-0.05, 0) is 25.5 Å². The summed E-state index contributed by atoms with van der Waals surface area (Å²) >= 11 is 0. The molecule has 0 aliphatic heterocycles. The first-order valence-electron chi connectivity index (χ1n) is 9.66. The van der Waals surface area contributed by atoms with Gasteiger partial charge in [-0.3, -0.25) is 9.59 Å². The van der Waals surface area contributed by atoms with E-state index in [-0.39, 0.29) is 11.8 Å². The van der Waals surface area contributed by atoms with E-state index in [1.54, 1.807) is 43.1 Å². The lowest BCUT2D eigenvalue weighted by Gasteiger charge is -2.22. The van der Waals surface area contributed by atoms with Crippen molar-refractivity contribution in [3.05, 3.63) is 78.1 Å². The molecule has 3 rings (SSSR count). The molecule has 6 nitrogen and oxygen atoms in total. The van der Waals surface area contributed by atoms with Crippen molar-refractivity contribution in [2.24, 2.45) is 0 Å². The zero-order chi connectivity index (χ0) is 20.6. The van der Waals surface area contributed by atoms with Gasteiger partial charge in [0.2, 0.25) is 5.91 Å². The van der Waals surface area contributed by atoms with Crippen LogP contribution in [-0.4, -0.2) is 41.5 Å². The van der Waals surface area contributed by atoms with Gasteiger partial charge in [0.1, 0.15) is 17.5 Å². The Kier molecular flexibility index (Phi) is 6.79. The Morgan fingerprint density at radius 2 is 1.72 bits per heavy atom. The smallest absolute Gasteiger partial charge is 0.251 e. The maximum Gasteiger partial charge on any atom is 0.251 e. The number of aromatic nitrogens is 1. The van der Waals surface area contributed by atoms with Gasteiger partial charge in [0.05, 0.1) is 0 Å². The van der Waals surface area contributed by atoms with Crippen molar-refractivity contribution in [3.8, 4) is 11.3 Å². The Bertz CT molecular complexity index is 938. The predicted octanol–water partition coefficient (Wildman–Crippen LogP) is 3.55. The van der Waals surface area contributed by atoms with Gasteiger partial charge in [-0.2, -0.15) is 0 Å². The molecular weight excluding hydrogens is 366 g/mol. The Labute approximate surface area is 170 Å². The number of carbonyl (C=O) groups excluding carboxylic acids is 2. The lowest BCUT2D eigenvalue weighted by Crippen LogP contribution is -2.45. The SMILES string of the molecule is CC(NC(=O)c1ccccc1)C(=O)N(C)CCCc1cc(-c2ccccc2)no1. The zero-order valence-electron chi connectivity index (χ0n) is 16.7. The van der Waals surface area contributed by atoms with Crippen molar-refractivity contribution in [1.29, 1.82) is 0 Å². The van der Waals surface area contributed by atoms with E-state index in [1.165, 1.54) is 0 Å². The summed E-state index contributed by atoms with van der Waals surface area (Å²) in [5, 5.41) is 6.85. The summed E-state index contributed by atoms with van der Waals surface area (Å²) in [5.74, 6) is 0.405. The molecule has 0 aliphatic carbocycles. The third-order valence-electron chi connectivity index (χ3n) is 4.68. The highest BCUT2D eigenvalue weighted by Crippen LogP contribution is 2.19. The number of aryl methyl sites for hydroxylation is 1. The van der Waals surface area contributed by atoms with Gasteiger partial charge in [-0.1, -0.05) is 53.7 Å². The van der Waals surface area contributed by atoms with Gasteiger partial charge in [-0.15, -0.1) is 0 Å². The molecule has 0 aliphatic rings. The maximum atomic E-state index is 12.5. The highest BCUT2D eigenvalue weighted by Gasteiger charge is 2.20. The third-order valence-corrected chi connectivity index (χ3v) is 4.68. The number of likely N-dealkylation sites (N-methyl/N-ethyl adjacent to an activating group) is 1. The average Bonchev–Trinajstić information content (AvgIpc) is 3.23. The van der Waals surface area contributed by atoms with Crippen molar-refractivity contribution in [2.75, 3.05) is 13.6 Å². The van der Waals surface area contributed by atoms with E-state index < -0.39 is 6.04 Å². The Balaban J connectivity index is 1.45.